The van der Waals surface area contributed by atoms with Crippen molar-refractivity contribution in [2.75, 3.05) is 0 Å². The molecule has 66 heavy (non-hydrogen) atoms. The number of rotatable bonds is 12. The SMILES string of the molecule is C(=Cc1cc(/C=C\c2ccc(/C=C(/c3ccccc3)c3ccc(-c4ccccc4)cc3)cc2)c2ccccc2c1)c1ccc(/C=C(/c2ccccc2)c2ccc(-c3ccccc3)cc2)cc1. The van der Waals surface area contributed by atoms with Crippen LogP contribution in [-0.4, -0.2) is 0 Å². The Morgan fingerprint density at radius 1 is 0.242 bits per heavy atom. The summed E-state index contributed by atoms with van der Waals surface area (Å²) in [6.07, 6.45) is 13.5. The molecule has 0 aromatic heterocycles. The molecule has 0 fully saturated rings. The highest BCUT2D eigenvalue weighted by Gasteiger charge is 2.09. The summed E-state index contributed by atoms with van der Waals surface area (Å²) in [5, 5.41) is 2.45. The van der Waals surface area contributed by atoms with Crippen molar-refractivity contribution in [1.29, 1.82) is 0 Å². The Hall–Kier alpha value is -8.58. The van der Waals surface area contributed by atoms with Crippen LogP contribution in [0.2, 0.25) is 0 Å². The second-order valence-electron chi connectivity index (χ2n) is 16.6. The normalized spacial score (nSPS) is 12.0. The summed E-state index contributed by atoms with van der Waals surface area (Å²) in [7, 11) is 0. The molecule has 312 valence electrons. The summed E-state index contributed by atoms with van der Waals surface area (Å²) in [5.41, 5.74) is 19.0. The predicted octanol–water partition coefficient (Wildman–Crippen LogP) is 17.7. The number of hydrogen-bond donors (Lipinski definition) is 0. The monoisotopic (exact) mass is 840 g/mol. The molecule has 0 unspecified atom stereocenters. The van der Waals surface area contributed by atoms with E-state index in [1.54, 1.807) is 0 Å². The van der Waals surface area contributed by atoms with E-state index in [4.69, 9.17) is 0 Å². The quantitative estimate of drug-likeness (QED) is 0.108. The predicted molar refractivity (Wildman–Crippen MR) is 285 cm³/mol. The zero-order valence-electron chi connectivity index (χ0n) is 36.7. The highest BCUT2D eigenvalue weighted by Crippen LogP contribution is 2.32. The zero-order chi connectivity index (χ0) is 44.3. The van der Waals surface area contributed by atoms with Gasteiger partial charge in [-0.25, -0.2) is 0 Å². The lowest BCUT2D eigenvalue weighted by Crippen LogP contribution is -1.89. The smallest absolute Gasteiger partial charge is 0.0105 e. The molecule has 0 heterocycles. The summed E-state index contributed by atoms with van der Waals surface area (Å²) < 4.78 is 0. The van der Waals surface area contributed by atoms with Gasteiger partial charge in [0.15, 0.2) is 0 Å². The van der Waals surface area contributed by atoms with Gasteiger partial charge in [0.1, 0.15) is 0 Å². The Bertz CT molecular complexity index is 3300. The fourth-order valence-electron chi connectivity index (χ4n) is 8.56. The lowest BCUT2D eigenvalue weighted by atomic mass is 9.93. The Kier molecular flexibility index (Phi) is 12.5. The van der Waals surface area contributed by atoms with Gasteiger partial charge in [-0.05, 0) is 124 Å². The van der Waals surface area contributed by atoms with Crippen LogP contribution in [0.15, 0.2) is 255 Å². The maximum atomic E-state index is 2.29. The van der Waals surface area contributed by atoms with Crippen LogP contribution in [0.4, 0.5) is 0 Å². The van der Waals surface area contributed by atoms with Gasteiger partial charge in [0, 0.05) is 0 Å². The van der Waals surface area contributed by atoms with Gasteiger partial charge in [-0.2, -0.15) is 0 Å². The largest absolute Gasteiger partial charge is 0.0622 e. The number of hydrogen-bond acceptors (Lipinski definition) is 0. The van der Waals surface area contributed by atoms with Crippen molar-refractivity contribution >= 4 is 58.4 Å². The molecule has 0 atom stereocenters. The Labute approximate surface area is 389 Å². The first-order valence-corrected chi connectivity index (χ1v) is 22.6. The van der Waals surface area contributed by atoms with E-state index in [0.717, 1.165) is 27.8 Å². The third-order valence-electron chi connectivity index (χ3n) is 12.1. The van der Waals surface area contributed by atoms with Crippen molar-refractivity contribution in [1.82, 2.24) is 0 Å². The summed E-state index contributed by atoms with van der Waals surface area (Å²) in [6.45, 7) is 0. The van der Waals surface area contributed by atoms with Crippen molar-refractivity contribution in [2.45, 2.75) is 0 Å². The van der Waals surface area contributed by atoms with E-state index in [9.17, 15) is 0 Å². The van der Waals surface area contributed by atoms with E-state index >= 15 is 0 Å². The van der Waals surface area contributed by atoms with Gasteiger partial charge < -0.3 is 0 Å². The Morgan fingerprint density at radius 2 is 0.591 bits per heavy atom. The molecule has 0 radical (unpaired) electrons. The van der Waals surface area contributed by atoms with Gasteiger partial charge in [0.25, 0.3) is 0 Å². The fourth-order valence-corrected chi connectivity index (χ4v) is 8.56. The molecular weight excluding hydrogens is 793 g/mol. The topological polar surface area (TPSA) is 0 Å². The Morgan fingerprint density at radius 3 is 1.06 bits per heavy atom. The van der Waals surface area contributed by atoms with Crippen LogP contribution in [0.3, 0.4) is 0 Å². The first-order valence-electron chi connectivity index (χ1n) is 22.6. The second kappa shape index (κ2) is 19.9. The summed E-state index contributed by atoms with van der Waals surface area (Å²) in [5.74, 6) is 0. The van der Waals surface area contributed by atoms with E-state index in [2.05, 4.69) is 291 Å². The van der Waals surface area contributed by atoms with Gasteiger partial charge in [-0.1, -0.05) is 267 Å². The third-order valence-corrected chi connectivity index (χ3v) is 12.1. The molecule has 10 aromatic rings. The standard InChI is InChI=1S/C66H48/c1-5-15-54(16-6-1)56-37-41-60(42-38-56)65(58-19-9-3-10-20-58)47-51-30-25-49(26-31-51)29-34-53-45-62-23-13-14-24-64(62)63(46-53)36-35-50-27-32-52(33-28-50)48-66(59-21-11-4-12-22-59)61-43-39-57(40-44-61)55-17-7-2-8-18-55/h1-48H/b34-29?,36-35-,65-47-,66-48-. The van der Waals surface area contributed by atoms with Crippen LogP contribution in [0.25, 0.3) is 80.6 Å². The Balaban J connectivity index is 0.874. The molecule has 0 bridgehead atoms. The van der Waals surface area contributed by atoms with Crippen LogP contribution in [0, 0.1) is 0 Å². The lowest BCUT2D eigenvalue weighted by Gasteiger charge is -2.11. The number of benzene rings is 10. The number of fused-ring (bicyclic) bond motifs is 1. The molecule has 0 amide bonds. The minimum absolute atomic E-state index is 1.15. The van der Waals surface area contributed by atoms with Crippen molar-refractivity contribution < 1.29 is 0 Å². The molecule has 0 N–H and O–H groups in total. The zero-order valence-corrected chi connectivity index (χ0v) is 36.7. The first kappa shape index (κ1) is 41.4. The van der Waals surface area contributed by atoms with Crippen LogP contribution < -0.4 is 0 Å². The van der Waals surface area contributed by atoms with E-state index < -0.39 is 0 Å². The average molecular weight is 841 g/mol. The lowest BCUT2D eigenvalue weighted by molar-refractivity contribution is 1.54. The molecule has 10 rings (SSSR count). The van der Waals surface area contributed by atoms with Crippen LogP contribution >= 0.6 is 0 Å². The van der Waals surface area contributed by atoms with E-state index in [0.29, 0.717) is 0 Å². The molecule has 0 spiro atoms. The summed E-state index contributed by atoms with van der Waals surface area (Å²) in [4.78, 5) is 0. The summed E-state index contributed by atoms with van der Waals surface area (Å²) >= 11 is 0. The van der Waals surface area contributed by atoms with Crippen molar-refractivity contribution in [3.8, 4) is 22.3 Å². The minimum atomic E-state index is 1.15. The van der Waals surface area contributed by atoms with Gasteiger partial charge in [-0.3, -0.25) is 0 Å². The van der Waals surface area contributed by atoms with Crippen LogP contribution in [0.5, 0.6) is 0 Å². The maximum Gasteiger partial charge on any atom is -0.0105 e. The molecular formula is C66H48. The summed E-state index contributed by atoms with van der Waals surface area (Å²) in [6, 6.07) is 91.1. The van der Waals surface area contributed by atoms with Crippen LogP contribution in [0.1, 0.15) is 55.6 Å². The molecule has 0 aliphatic heterocycles. The molecule has 0 saturated heterocycles. The molecule has 0 saturated carbocycles. The van der Waals surface area contributed by atoms with Crippen LogP contribution in [-0.2, 0) is 0 Å². The van der Waals surface area contributed by atoms with E-state index in [-0.39, 0.29) is 0 Å². The van der Waals surface area contributed by atoms with Crippen molar-refractivity contribution in [3.05, 3.63) is 310 Å². The minimum Gasteiger partial charge on any atom is -0.0622 e. The molecule has 0 nitrogen and oxygen atoms in total. The van der Waals surface area contributed by atoms with Gasteiger partial charge >= 0.3 is 0 Å². The molecule has 10 aromatic carbocycles. The van der Waals surface area contributed by atoms with E-state index in [1.165, 1.54) is 72.0 Å². The highest BCUT2D eigenvalue weighted by molar-refractivity contribution is 5.96. The fraction of sp³-hybridized carbons (Fsp3) is 0. The van der Waals surface area contributed by atoms with Gasteiger partial charge in [0.05, 0.1) is 0 Å². The van der Waals surface area contributed by atoms with Gasteiger partial charge in [0.2, 0.25) is 0 Å². The van der Waals surface area contributed by atoms with E-state index in [1.807, 2.05) is 0 Å². The van der Waals surface area contributed by atoms with Crippen molar-refractivity contribution in [3.63, 3.8) is 0 Å². The highest BCUT2D eigenvalue weighted by atomic mass is 14.1. The third kappa shape index (κ3) is 9.95. The van der Waals surface area contributed by atoms with Gasteiger partial charge in [-0.15, -0.1) is 0 Å². The first-order chi connectivity index (χ1) is 32.7. The molecule has 0 aliphatic carbocycles. The van der Waals surface area contributed by atoms with Crippen molar-refractivity contribution in [2.24, 2.45) is 0 Å². The molecule has 0 aliphatic rings. The second-order valence-corrected chi connectivity index (χ2v) is 16.6. The average Bonchev–Trinajstić information content (AvgIpc) is 3.40. The maximum absolute atomic E-state index is 2.29. The molecule has 0 heteroatoms.